The van der Waals surface area contributed by atoms with Crippen molar-refractivity contribution >= 4 is 11.8 Å². The van der Waals surface area contributed by atoms with Crippen molar-refractivity contribution in [3.05, 3.63) is 29.8 Å². The molecule has 0 spiro atoms. The highest BCUT2D eigenvalue weighted by molar-refractivity contribution is 6.00. The van der Waals surface area contributed by atoms with E-state index < -0.39 is 0 Å². The Kier molecular flexibility index (Phi) is 6.12. The second-order valence-corrected chi connectivity index (χ2v) is 9.02. The van der Waals surface area contributed by atoms with Crippen LogP contribution in [0.25, 0.3) is 0 Å². The summed E-state index contributed by atoms with van der Waals surface area (Å²) in [5, 5.41) is 0. The standard InChI is InChI=1S/C24H34N2O3/c1-25(18-11-4-3-5-12-18)24(28)21-16-17-10-6-8-14-20(17)26(21)23(27)19-13-7-9-15-22(19)29-2/h7,9,13,15,17-18,20-21H,3-6,8,10-12,14,16H2,1-2H3/t17-,20+,21-/m0/s1. The Hall–Kier alpha value is -2.04. The molecule has 1 aliphatic heterocycles. The van der Waals surface area contributed by atoms with Crippen molar-refractivity contribution < 1.29 is 14.3 Å². The lowest BCUT2D eigenvalue weighted by Crippen LogP contribution is -2.52. The average Bonchev–Trinajstić information content (AvgIpc) is 3.17. The van der Waals surface area contributed by atoms with E-state index in [4.69, 9.17) is 4.74 Å². The fraction of sp³-hybridized carbons (Fsp3) is 0.667. The van der Waals surface area contributed by atoms with Crippen LogP contribution in [0.2, 0.25) is 0 Å². The van der Waals surface area contributed by atoms with Crippen molar-refractivity contribution in [2.75, 3.05) is 14.2 Å². The van der Waals surface area contributed by atoms with Crippen molar-refractivity contribution in [2.24, 2.45) is 5.92 Å². The van der Waals surface area contributed by atoms with Crippen LogP contribution in [0.4, 0.5) is 0 Å². The monoisotopic (exact) mass is 398 g/mol. The van der Waals surface area contributed by atoms with Gasteiger partial charge in [0.2, 0.25) is 5.91 Å². The molecule has 0 N–H and O–H groups in total. The number of rotatable bonds is 4. The molecule has 2 amide bonds. The predicted molar refractivity (Wildman–Crippen MR) is 113 cm³/mol. The van der Waals surface area contributed by atoms with Gasteiger partial charge in [-0.2, -0.15) is 0 Å². The topological polar surface area (TPSA) is 49.9 Å². The number of carbonyl (C=O) groups is 2. The molecule has 3 fully saturated rings. The third-order valence-electron chi connectivity index (χ3n) is 7.42. The van der Waals surface area contributed by atoms with Crippen molar-refractivity contribution in [1.82, 2.24) is 9.80 Å². The summed E-state index contributed by atoms with van der Waals surface area (Å²) in [7, 11) is 3.55. The van der Waals surface area contributed by atoms with Crippen LogP contribution in [0.3, 0.4) is 0 Å². The molecule has 3 aliphatic rings. The fourth-order valence-electron chi connectivity index (χ4n) is 5.82. The van der Waals surface area contributed by atoms with E-state index in [1.54, 1.807) is 7.11 Å². The summed E-state index contributed by atoms with van der Waals surface area (Å²) < 4.78 is 5.46. The smallest absolute Gasteiger partial charge is 0.258 e. The SMILES string of the molecule is COc1ccccc1C(=O)N1[C@@H]2CCCC[C@H]2C[C@H]1C(=O)N(C)C1CCCCC1. The van der Waals surface area contributed by atoms with Crippen molar-refractivity contribution in [1.29, 1.82) is 0 Å². The van der Waals surface area contributed by atoms with E-state index in [2.05, 4.69) is 0 Å². The van der Waals surface area contributed by atoms with Gasteiger partial charge in [0.25, 0.3) is 5.91 Å². The van der Waals surface area contributed by atoms with Gasteiger partial charge in [0.1, 0.15) is 11.8 Å². The number of hydrogen-bond donors (Lipinski definition) is 0. The number of benzene rings is 1. The lowest BCUT2D eigenvalue weighted by Gasteiger charge is -2.37. The molecule has 5 nitrogen and oxygen atoms in total. The Morgan fingerprint density at radius 3 is 2.45 bits per heavy atom. The van der Waals surface area contributed by atoms with Gasteiger partial charge in [-0.25, -0.2) is 0 Å². The lowest BCUT2D eigenvalue weighted by molar-refractivity contribution is -0.137. The highest BCUT2D eigenvalue weighted by atomic mass is 16.5. The van der Waals surface area contributed by atoms with Crippen LogP contribution in [0.1, 0.15) is 74.6 Å². The predicted octanol–water partition coefficient (Wildman–Crippen LogP) is 4.26. The number of ether oxygens (including phenoxy) is 1. The number of likely N-dealkylation sites (N-methyl/N-ethyl adjacent to an activating group) is 1. The van der Waals surface area contributed by atoms with E-state index >= 15 is 0 Å². The lowest BCUT2D eigenvalue weighted by atomic mass is 9.84. The molecule has 2 aliphatic carbocycles. The van der Waals surface area contributed by atoms with Gasteiger partial charge in [0.15, 0.2) is 0 Å². The second kappa shape index (κ2) is 8.76. The zero-order valence-corrected chi connectivity index (χ0v) is 17.8. The first-order chi connectivity index (χ1) is 14.1. The van der Waals surface area contributed by atoms with Crippen molar-refractivity contribution in [3.63, 3.8) is 0 Å². The van der Waals surface area contributed by atoms with Gasteiger partial charge >= 0.3 is 0 Å². The van der Waals surface area contributed by atoms with Gasteiger partial charge in [-0.1, -0.05) is 44.2 Å². The maximum absolute atomic E-state index is 13.7. The van der Waals surface area contributed by atoms with Crippen LogP contribution >= 0.6 is 0 Å². The Morgan fingerprint density at radius 2 is 1.69 bits per heavy atom. The van der Waals surface area contributed by atoms with E-state index in [0.717, 1.165) is 38.5 Å². The van der Waals surface area contributed by atoms with Crippen molar-refractivity contribution in [2.45, 2.75) is 82.3 Å². The maximum Gasteiger partial charge on any atom is 0.258 e. The number of amides is 2. The third-order valence-corrected chi connectivity index (χ3v) is 7.42. The molecule has 0 aromatic heterocycles. The van der Waals surface area contributed by atoms with Crippen LogP contribution in [0, 0.1) is 5.92 Å². The highest BCUT2D eigenvalue weighted by Crippen LogP contribution is 2.42. The first-order valence-electron chi connectivity index (χ1n) is 11.3. The van der Waals surface area contributed by atoms with Gasteiger partial charge in [0.05, 0.1) is 12.7 Å². The van der Waals surface area contributed by atoms with Crippen molar-refractivity contribution in [3.8, 4) is 5.75 Å². The number of carbonyl (C=O) groups excluding carboxylic acids is 2. The molecule has 0 radical (unpaired) electrons. The zero-order chi connectivity index (χ0) is 20.4. The van der Waals surface area contributed by atoms with Gasteiger partial charge in [-0.15, -0.1) is 0 Å². The Labute approximate surface area is 174 Å². The minimum Gasteiger partial charge on any atom is -0.496 e. The van der Waals surface area contributed by atoms with E-state index in [0.29, 0.717) is 23.3 Å². The molecule has 3 atom stereocenters. The summed E-state index contributed by atoms with van der Waals surface area (Å²) in [5.41, 5.74) is 0.569. The molecule has 4 rings (SSSR count). The van der Waals surface area contributed by atoms with Gasteiger partial charge in [-0.3, -0.25) is 9.59 Å². The first kappa shape index (κ1) is 20.2. The zero-order valence-electron chi connectivity index (χ0n) is 17.8. The number of methoxy groups -OCH3 is 1. The molecule has 1 aromatic carbocycles. The molecule has 158 valence electrons. The molecule has 0 bridgehead atoms. The number of fused-ring (bicyclic) bond motifs is 1. The summed E-state index contributed by atoms with van der Waals surface area (Å²) >= 11 is 0. The number of nitrogens with zero attached hydrogens (tertiary/aromatic N) is 2. The summed E-state index contributed by atoms with van der Waals surface area (Å²) in [6.07, 6.45) is 11.1. The average molecular weight is 399 g/mol. The fourth-order valence-corrected chi connectivity index (χ4v) is 5.82. The van der Waals surface area contributed by atoms with E-state index in [1.165, 1.54) is 25.7 Å². The van der Waals surface area contributed by atoms with E-state index in [1.807, 2.05) is 41.1 Å². The molecule has 1 heterocycles. The summed E-state index contributed by atoms with van der Waals surface area (Å²) in [5.74, 6) is 1.11. The summed E-state index contributed by atoms with van der Waals surface area (Å²) in [6.45, 7) is 0. The number of hydrogen-bond acceptors (Lipinski definition) is 3. The molecule has 0 unspecified atom stereocenters. The summed E-state index contributed by atoms with van der Waals surface area (Å²) in [4.78, 5) is 31.2. The normalized spacial score (nSPS) is 27.4. The molecule has 5 heteroatoms. The minimum absolute atomic E-state index is 0.0488. The third kappa shape index (κ3) is 3.88. The van der Waals surface area contributed by atoms with E-state index in [9.17, 15) is 9.59 Å². The van der Waals surface area contributed by atoms with Crippen LogP contribution in [0.5, 0.6) is 5.75 Å². The maximum atomic E-state index is 13.7. The minimum atomic E-state index is -0.340. The number of para-hydroxylation sites is 1. The van der Waals surface area contributed by atoms with Crippen LogP contribution < -0.4 is 4.74 Å². The van der Waals surface area contributed by atoms with Gasteiger partial charge in [0, 0.05) is 19.1 Å². The first-order valence-corrected chi connectivity index (χ1v) is 11.3. The van der Waals surface area contributed by atoms with Crippen LogP contribution in [-0.2, 0) is 4.79 Å². The largest absolute Gasteiger partial charge is 0.496 e. The molecule has 1 saturated heterocycles. The van der Waals surface area contributed by atoms with Gasteiger partial charge in [-0.05, 0) is 50.2 Å². The Balaban J connectivity index is 1.62. The molecule has 29 heavy (non-hydrogen) atoms. The Morgan fingerprint density at radius 1 is 1.00 bits per heavy atom. The van der Waals surface area contributed by atoms with Crippen LogP contribution in [-0.4, -0.2) is 53.9 Å². The second-order valence-electron chi connectivity index (χ2n) is 9.02. The molecular weight excluding hydrogens is 364 g/mol. The Bertz CT molecular complexity index is 743. The number of likely N-dealkylation sites (tertiary alicyclic amines) is 1. The molecule has 1 aromatic rings. The molecular formula is C24H34N2O3. The summed E-state index contributed by atoms with van der Waals surface area (Å²) in [6, 6.07) is 7.55. The highest BCUT2D eigenvalue weighted by Gasteiger charge is 2.49. The quantitative estimate of drug-likeness (QED) is 0.761. The van der Waals surface area contributed by atoms with E-state index in [-0.39, 0.29) is 23.9 Å². The molecule has 2 saturated carbocycles. The van der Waals surface area contributed by atoms with Gasteiger partial charge < -0.3 is 14.5 Å². The van der Waals surface area contributed by atoms with Crippen LogP contribution in [0.15, 0.2) is 24.3 Å².